The maximum Gasteiger partial charge on any atom is 0.257 e. The molecular weight excluding hydrogens is 300 g/mol. The second-order valence-corrected chi connectivity index (χ2v) is 6.39. The van der Waals surface area contributed by atoms with Crippen molar-refractivity contribution in [2.24, 2.45) is 4.99 Å². The molecule has 1 aromatic heterocycles. The number of methoxy groups -OCH3 is 1. The van der Waals surface area contributed by atoms with Crippen LogP contribution < -0.4 is 4.74 Å². The van der Waals surface area contributed by atoms with Crippen molar-refractivity contribution in [1.82, 2.24) is 4.90 Å². The topological polar surface area (TPSA) is 62.1 Å². The van der Waals surface area contributed by atoms with Gasteiger partial charge >= 0.3 is 0 Å². The Morgan fingerprint density at radius 3 is 3.14 bits per heavy atom. The highest BCUT2D eigenvalue weighted by Gasteiger charge is 2.33. The van der Waals surface area contributed by atoms with Crippen molar-refractivity contribution in [2.75, 3.05) is 7.11 Å². The number of aromatic hydroxyl groups is 1. The van der Waals surface area contributed by atoms with Gasteiger partial charge < -0.3 is 14.7 Å². The van der Waals surface area contributed by atoms with Crippen LogP contribution in [-0.2, 0) is 13.0 Å². The number of nitrogens with zero attached hydrogens (tertiary/aromatic N) is 2. The van der Waals surface area contributed by atoms with Gasteiger partial charge in [-0.1, -0.05) is 0 Å². The number of thiophene rings is 1. The maximum absolute atomic E-state index is 12.9. The van der Waals surface area contributed by atoms with Crippen LogP contribution in [0.1, 0.15) is 20.8 Å². The molecule has 2 aromatic rings. The first-order valence-corrected chi connectivity index (χ1v) is 7.86. The molecule has 4 rings (SSSR count). The molecule has 1 amide bonds. The van der Waals surface area contributed by atoms with Gasteiger partial charge in [-0.15, -0.1) is 11.3 Å². The molecule has 0 saturated carbocycles. The molecule has 22 heavy (non-hydrogen) atoms. The van der Waals surface area contributed by atoms with Crippen molar-refractivity contribution in [3.63, 3.8) is 0 Å². The molecule has 5 nitrogen and oxygen atoms in total. The van der Waals surface area contributed by atoms with Crippen LogP contribution in [0.25, 0.3) is 0 Å². The lowest BCUT2D eigenvalue weighted by Crippen LogP contribution is -2.44. The first-order valence-electron chi connectivity index (χ1n) is 6.99. The fourth-order valence-corrected chi connectivity index (χ4v) is 3.91. The Balaban J connectivity index is 1.81. The smallest absolute Gasteiger partial charge is 0.257 e. The lowest BCUT2D eigenvalue weighted by Gasteiger charge is -2.32. The van der Waals surface area contributed by atoms with E-state index in [4.69, 9.17) is 4.74 Å². The zero-order valence-corrected chi connectivity index (χ0v) is 12.8. The minimum absolute atomic E-state index is 0.00909. The van der Waals surface area contributed by atoms with E-state index in [9.17, 15) is 9.90 Å². The maximum atomic E-state index is 12.9. The highest BCUT2D eigenvalue weighted by atomic mass is 32.1. The summed E-state index contributed by atoms with van der Waals surface area (Å²) >= 11 is 1.72. The molecule has 0 unspecified atom stereocenters. The summed E-state index contributed by atoms with van der Waals surface area (Å²) in [6.07, 6.45) is 2.59. The minimum atomic E-state index is -0.0762. The summed E-state index contributed by atoms with van der Waals surface area (Å²) in [6.45, 7) is 0.594. The zero-order valence-electron chi connectivity index (χ0n) is 11.9. The number of hydrogen-bond donors (Lipinski definition) is 1. The number of amides is 1. The Morgan fingerprint density at radius 2 is 2.32 bits per heavy atom. The predicted molar refractivity (Wildman–Crippen MR) is 84.5 cm³/mol. The van der Waals surface area contributed by atoms with Crippen molar-refractivity contribution in [1.29, 1.82) is 0 Å². The van der Waals surface area contributed by atoms with Gasteiger partial charge in [0, 0.05) is 30.1 Å². The van der Waals surface area contributed by atoms with Gasteiger partial charge in [0.1, 0.15) is 0 Å². The summed E-state index contributed by atoms with van der Waals surface area (Å²) < 4.78 is 5.11. The molecule has 1 N–H and O–H groups in total. The van der Waals surface area contributed by atoms with E-state index in [0.29, 0.717) is 17.8 Å². The lowest BCUT2D eigenvalue weighted by molar-refractivity contribution is 0.0705. The zero-order chi connectivity index (χ0) is 15.3. The number of phenolic OH excluding ortho intramolecular Hbond substituents is 1. The predicted octanol–water partition coefficient (Wildman–Crippen LogP) is 2.75. The van der Waals surface area contributed by atoms with Crippen LogP contribution in [0.4, 0.5) is 5.69 Å². The molecule has 2 aliphatic heterocycles. The summed E-state index contributed by atoms with van der Waals surface area (Å²) in [6, 6.07) is 5.08. The fourth-order valence-electron chi connectivity index (χ4n) is 2.96. The monoisotopic (exact) mass is 314 g/mol. The molecule has 112 valence electrons. The van der Waals surface area contributed by atoms with Crippen molar-refractivity contribution in [3.05, 3.63) is 39.6 Å². The van der Waals surface area contributed by atoms with Crippen LogP contribution in [0, 0.1) is 0 Å². The largest absolute Gasteiger partial charge is 0.504 e. The number of rotatable bonds is 1. The van der Waals surface area contributed by atoms with Crippen LogP contribution in [0.5, 0.6) is 11.5 Å². The Bertz CT molecular complexity index is 797. The SMILES string of the molecule is COc1cc2c(cc1O)N=C[C@@H]1Cc3sccc3CN1C2=O. The van der Waals surface area contributed by atoms with E-state index in [-0.39, 0.29) is 23.4 Å². The quantitative estimate of drug-likeness (QED) is 0.880. The molecule has 0 fully saturated rings. The number of phenols is 1. The van der Waals surface area contributed by atoms with E-state index in [1.165, 1.54) is 23.6 Å². The highest BCUT2D eigenvalue weighted by molar-refractivity contribution is 7.10. The van der Waals surface area contributed by atoms with Crippen LogP contribution in [0.3, 0.4) is 0 Å². The van der Waals surface area contributed by atoms with Crippen molar-refractivity contribution < 1.29 is 14.6 Å². The molecule has 2 aliphatic rings. The first kappa shape index (κ1) is 13.3. The van der Waals surface area contributed by atoms with Gasteiger partial charge in [0.2, 0.25) is 0 Å². The van der Waals surface area contributed by atoms with Gasteiger partial charge in [0.25, 0.3) is 5.91 Å². The van der Waals surface area contributed by atoms with Crippen LogP contribution >= 0.6 is 11.3 Å². The molecule has 3 heterocycles. The fraction of sp³-hybridized carbons (Fsp3) is 0.250. The molecule has 1 aromatic carbocycles. The van der Waals surface area contributed by atoms with Crippen LogP contribution in [-0.4, -0.2) is 35.3 Å². The Kier molecular flexibility index (Phi) is 2.94. The number of benzene rings is 1. The van der Waals surface area contributed by atoms with E-state index in [1.807, 2.05) is 4.90 Å². The van der Waals surface area contributed by atoms with Crippen LogP contribution in [0.15, 0.2) is 28.6 Å². The second-order valence-electron chi connectivity index (χ2n) is 5.39. The molecule has 6 heteroatoms. The van der Waals surface area contributed by atoms with Gasteiger partial charge in [0.15, 0.2) is 11.5 Å². The molecule has 0 spiro atoms. The number of carbonyl (C=O) groups excluding carboxylic acids is 1. The standard InChI is InChI=1S/C16H14N2O3S/c1-21-14-5-11-12(6-13(14)19)17-7-10-4-15-9(2-3-22-15)8-18(10)16(11)20/h2-3,5-7,10,19H,4,8H2,1H3/t10-/m0/s1. The van der Waals surface area contributed by atoms with Crippen molar-refractivity contribution in [2.45, 2.75) is 19.0 Å². The van der Waals surface area contributed by atoms with Crippen LogP contribution in [0.2, 0.25) is 0 Å². The van der Waals surface area contributed by atoms with Gasteiger partial charge in [-0.2, -0.15) is 0 Å². The summed E-state index contributed by atoms with van der Waals surface area (Å²) in [4.78, 5) is 20.5. The third kappa shape index (κ3) is 1.91. The number of fused-ring (bicyclic) bond motifs is 3. The molecule has 0 aliphatic carbocycles. The third-order valence-electron chi connectivity index (χ3n) is 4.15. The average Bonchev–Trinajstić information content (AvgIpc) is 2.93. The van der Waals surface area contributed by atoms with Crippen molar-refractivity contribution in [3.8, 4) is 11.5 Å². The Morgan fingerprint density at radius 1 is 1.45 bits per heavy atom. The summed E-state index contributed by atoms with van der Waals surface area (Å²) in [5.41, 5.74) is 2.16. The molecule has 0 radical (unpaired) electrons. The average molecular weight is 314 g/mol. The Labute approximate surface area is 131 Å². The van der Waals surface area contributed by atoms with E-state index in [2.05, 4.69) is 16.4 Å². The number of ether oxygens (including phenoxy) is 1. The van der Waals surface area contributed by atoms with Crippen molar-refractivity contribution >= 4 is 29.1 Å². The van der Waals surface area contributed by atoms with E-state index in [1.54, 1.807) is 23.6 Å². The number of aliphatic imine (C=N–C) groups is 1. The third-order valence-corrected chi connectivity index (χ3v) is 5.13. The van der Waals surface area contributed by atoms with Gasteiger partial charge in [-0.3, -0.25) is 9.79 Å². The normalized spacial score (nSPS) is 19.2. The lowest BCUT2D eigenvalue weighted by atomic mass is 10.0. The second kappa shape index (κ2) is 4.84. The van der Waals surface area contributed by atoms with Gasteiger partial charge in [0.05, 0.1) is 24.4 Å². The molecular formula is C16H14N2O3S. The van der Waals surface area contributed by atoms with Gasteiger partial charge in [-0.25, -0.2) is 0 Å². The highest BCUT2D eigenvalue weighted by Crippen LogP contribution is 2.38. The summed E-state index contributed by atoms with van der Waals surface area (Å²) in [5, 5.41) is 12.0. The molecule has 0 saturated heterocycles. The summed E-state index contributed by atoms with van der Waals surface area (Å²) in [7, 11) is 1.47. The first-order chi connectivity index (χ1) is 10.7. The summed E-state index contributed by atoms with van der Waals surface area (Å²) in [5.74, 6) is 0.201. The minimum Gasteiger partial charge on any atom is -0.504 e. The van der Waals surface area contributed by atoms with Gasteiger partial charge in [-0.05, 0) is 23.1 Å². The van der Waals surface area contributed by atoms with E-state index in [0.717, 1.165) is 6.42 Å². The molecule has 1 atom stereocenters. The Hall–Kier alpha value is -2.34. The molecule has 0 bridgehead atoms. The number of hydrogen-bond acceptors (Lipinski definition) is 5. The number of carbonyl (C=O) groups is 1. The van der Waals surface area contributed by atoms with E-state index >= 15 is 0 Å². The van der Waals surface area contributed by atoms with E-state index < -0.39 is 0 Å².